The number of anilines is 2. The van der Waals surface area contributed by atoms with Gasteiger partial charge >= 0.3 is 0 Å². The van der Waals surface area contributed by atoms with Crippen LogP contribution in [0, 0.1) is 11.2 Å². The Morgan fingerprint density at radius 3 is 2.38 bits per heavy atom. The standard InChI is InChI=1S/C22H24FN3O2.C2H5NO/c23-18-6-8-19(9-7-18)26-21(28)22(11-3-12-22)17-5-10-20(25-15-27)16(14-17)4-1-2-13-24;1-2(3)4/h5-10,13-15,24H,1-4,11-12H2,(H,25,27)(H,26,28);1H3,(H2,3,4). The molecular formula is C24H29FN4O3. The second kappa shape index (κ2) is 11.7. The fourth-order valence-electron chi connectivity index (χ4n) is 3.66. The molecule has 0 saturated heterocycles. The van der Waals surface area contributed by atoms with Crippen molar-refractivity contribution in [2.24, 2.45) is 5.73 Å². The van der Waals surface area contributed by atoms with Crippen molar-refractivity contribution in [3.8, 4) is 0 Å². The van der Waals surface area contributed by atoms with E-state index in [1.165, 1.54) is 25.3 Å². The first-order valence-corrected chi connectivity index (χ1v) is 10.5. The third-order valence-corrected chi connectivity index (χ3v) is 5.41. The predicted octanol–water partition coefficient (Wildman–Crippen LogP) is 3.92. The van der Waals surface area contributed by atoms with Crippen LogP contribution in [0.2, 0.25) is 0 Å². The molecule has 0 atom stereocenters. The zero-order valence-electron chi connectivity index (χ0n) is 18.1. The minimum absolute atomic E-state index is 0.0908. The summed E-state index contributed by atoms with van der Waals surface area (Å²) < 4.78 is 13.1. The molecule has 1 fully saturated rings. The molecular weight excluding hydrogens is 411 g/mol. The summed E-state index contributed by atoms with van der Waals surface area (Å²) in [6, 6.07) is 11.5. The zero-order chi connectivity index (χ0) is 23.6. The summed E-state index contributed by atoms with van der Waals surface area (Å²) in [5.41, 5.74) is 7.07. The Labute approximate surface area is 187 Å². The molecule has 0 heterocycles. The maximum absolute atomic E-state index is 13.1. The molecule has 1 aliphatic rings. The number of benzene rings is 2. The van der Waals surface area contributed by atoms with Crippen LogP contribution in [0.15, 0.2) is 42.5 Å². The number of hydrogen-bond donors (Lipinski definition) is 4. The molecule has 5 N–H and O–H groups in total. The van der Waals surface area contributed by atoms with E-state index in [4.69, 9.17) is 5.41 Å². The van der Waals surface area contributed by atoms with Gasteiger partial charge in [0.25, 0.3) is 0 Å². The van der Waals surface area contributed by atoms with Crippen LogP contribution in [-0.4, -0.2) is 24.4 Å². The van der Waals surface area contributed by atoms with Gasteiger partial charge in [0.15, 0.2) is 0 Å². The molecule has 7 nitrogen and oxygen atoms in total. The zero-order valence-corrected chi connectivity index (χ0v) is 18.1. The van der Waals surface area contributed by atoms with Crippen molar-refractivity contribution < 1.29 is 18.8 Å². The van der Waals surface area contributed by atoms with Crippen molar-refractivity contribution in [2.45, 2.75) is 50.9 Å². The molecule has 1 aliphatic carbocycles. The van der Waals surface area contributed by atoms with Crippen molar-refractivity contribution in [1.29, 1.82) is 5.41 Å². The van der Waals surface area contributed by atoms with E-state index in [0.29, 0.717) is 18.5 Å². The van der Waals surface area contributed by atoms with Crippen LogP contribution in [0.5, 0.6) is 0 Å². The number of nitrogens with one attached hydrogen (secondary N) is 3. The SMILES string of the molecule is CC(N)=O.N=CCCCc1cc(C2(C(=O)Nc3ccc(F)cc3)CCC2)ccc1NC=O. The molecule has 3 rings (SSSR count). The number of hydrogen-bond acceptors (Lipinski definition) is 4. The highest BCUT2D eigenvalue weighted by molar-refractivity contribution is 6.00. The summed E-state index contributed by atoms with van der Waals surface area (Å²) in [6.07, 6.45) is 6.68. The quantitative estimate of drug-likeness (QED) is 0.268. The first-order chi connectivity index (χ1) is 15.3. The highest BCUT2D eigenvalue weighted by Gasteiger charge is 2.45. The van der Waals surface area contributed by atoms with E-state index in [0.717, 1.165) is 48.9 Å². The maximum atomic E-state index is 13.1. The number of carbonyl (C=O) groups is 3. The first-order valence-electron chi connectivity index (χ1n) is 10.5. The van der Waals surface area contributed by atoms with Crippen LogP contribution >= 0.6 is 0 Å². The number of rotatable bonds is 9. The summed E-state index contributed by atoms with van der Waals surface area (Å²) in [5, 5.41) is 12.8. The highest BCUT2D eigenvalue weighted by atomic mass is 19.1. The lowest BCUT2D eigenvalue weighted by atomic mass is 9.63. The molecule has 0 aromatic heterocycles. The Morgan fingerprint density at radius 1 is 1.19 bits per heavy atom. The van der Waals surface area contributed by atoms with Crippen molar-refractivity contribution in [3.63, 3.8) is 0 Å². The third-order valence-electron chi connectivity index (χ3n) is 5.41. The monoisotopic (exact) mass is 440 g/mol. The van der Waals surface area contributed by atoms with Crippen LogP contribution in [0.3, 0.4) is 0 Å². The molecule has 32 heavy (non-hydrogen) atoms. The molecule has 8 heteroatoms. The number of halogens is 1. The Hall–Kier alpha value is -3.55. The fourth-order valence-corrected chi connectivity index (χ4v) is 3.66. The second-order valence-electron chi connectivity index (χ2n) is 7.74. The van der Waals surface area contributed by atoms with E-state index in [1.807, 2.05) is 18.2 Å². The first kappa shape index (κ1) is 24.7. The summed E-state index contributed by atoms with van der Waals surface area (Å²) >= 11 is 0. The Bertz CT molecular complexity index is 952. The third kappa shape index (κ3) is 6.47. The molecule has 1 saturated carbocycles. The Balaban J connectivity index is 0.000000837. The molecule has 0 spiro atoms. The van der Waals surface area contributed by atoms with Crippen molar-refractivity contribution >= 4 is 35.8 Å². The summed E-state index contributed by atoms with van der Waals surface area (Å²) in [4.78, 5) is 33.2. The van der Waals surface area contributed by atoms with Gasteiger partial charge in [-0.25, -0.2) is 4.39 Å². The Morgan fingerprint density at radius 2 is 1.84 bits per heavy atom. The van der Waals surface area contributed by atoms with Gasteiger partial charge in [-0.15, -0.1) is 0 Å². The van der Waals surface area contributed by atoms with Crippen molar-refractivity contribution in [2.75, 3.05) is 10.6 Å². The normalized spacial score (nSPS) is 13.6. The van der Waals surface area contributed by atoms with E-state index < -0.39 is 5.41 Å². The lowest BCUT2D eigenvalue weighted by molar-refractivity contribution is -0.124. The van der Waals surface area contributed by atoms with Crippen LogP contribution in [0.25, 0.3) is 0 Å². The van der Waals surface area contributed by atoms with Gasteiger partial charge in [-0.05, 0) is 79.8 Å². The largest absolute Gasteiger partial charge is 0.370 e. The van der Waals surface area contributed by atoms with E-state index in [2.05, 4.69) is 16.4 Å². The van der Waals surface area contributed by atoms with Crippen LogP contribution in [0.4, 0.5) is 15.8 Å². The minimum Gasteiger partial charge on any atom is -0.370 e. The van der Waals surface area contributed by atoms with Crippen LogP contribution < -0.4 is 16.4 Å². The number of nitrogens with two attached hydrogens (primary N) is 1. The topological polar surface area (TPSA) is 125 Å². The van der Waals surface area contributed by atoms with Crippen LogP contribution in [-0.2, 0) is 26.2 Å². The van der Waals surface area contributed by atoms with Gasteiger partial charge in [-0.1, -0.05) is 18.6 Å². The lowest BCUT2D eigenvalue weighted by Crippen LogP contribution is -2.46. The average Bonchev–Trinajstić information content (AvgIpc) is 2.70. The maximum Gasteiger partial charge on any atom is 0.235 e. The smallest absolute Gasteiger partial charge is 0.235 e. The Kier molecular flexibility index (Phi) is 9.07. The molecule has 0 unspecified atom stereocenters. The summed E-state index contributed by atoms with van der Waals surface area (Å²) in [7, 11) is 0. The summed E-state index contributed by atoms with van der Waals surface area (Å²) in [5.74, 6) is -0.768. The van der Waals surface area contributed by atoms with E-state index in [9.17, 15) is 18.8 Å². The van der Waals surface area contributed by atoms with E-state index in [1.54, 1.807) is 12.1 Å². The fraction of sp³-hybridized carbons (Fsp3) is 0.333. The van der Waals surface area contributed by atoms with Gasteiger partial charge in [0, 0.05) is 18.3 Å². The average molecular weight is 441 g/mol. The molecule has 2 aromatic rings. The van der Waals surface area contributed by atoms with E-state index in [-0.39, 0.29) is 17.6 Å². The predicted molar refractivity (Wildman–Crippen MR) is 123 cm³/mol. The summed E-state index contributed by atoms with van der Waals surface area (Å²) in [6.45, 7) is 1.31. The molecule has 170 valence electrons. The number of carbonyl (C=O) groups excluding carboxylic acids is 3. The van der Waals surface area contributed by atoms with Crippen LogP contribution in [0.1, 0.15) is 50.2 Å². The van der Waals surface area contributed by atoms with Crippen molar-refractivity contribution in [3.05, 3.63) is 59.4 Å². The van der Waals surface area contributed by atoms with Gasteiger partial charge in [0.2, 0.25) is 18.2 Å². The highest BCUT2D eigenvalue weighted by Crippen LogP contribution is 2.45. The molecule has 3 amide bonds. The lowest BCUT2D eigenvalue weighted by Gasteiger charge is -2.41. The molecule has 0 radical (unpaired) electrons. The van der Waals surface area contributed by atoms with Gasteiger partial charge in [0.1, 0.15) is 5.82 Å². The molecule has 0 bridgehead atoms. The van der Waals surface area contributed by atoms with Gasteiger partial charge < -0.3 is 21.8 Å². The van der Waals surface area contributed by atoms with Gasteiger partial charge in [0.05, 0.1) is 5.41 Å². The molecule has 2 aromatic carbocycles. The number of primary amides is 1. The number of aryl methyl sites for hydroxylation is 1. The minimum atomic E-state index is -0.607. The number of amides is 3. The van der Waals surface area contributed by atoms with E-state index >= 15 is 0 Å². The van der Waals surface area contributed by atoms with Gasteiger partial charge in [-0.3, -0.25) is 14.4 Å². The molecule has 0 aliphatic heterocycles. The second-order valence-corrected chi connectivity index (χ2v) is 7.74. The van der Waals surface area contributed by atoms with Crippen molar-refractivity contribution in [1.82, 2.24) is 0 Å². The number of unbranched alkanes of at least 4 members (excludes halogenated alkanes) is 1. The van der Waals surface area contributed by atoms with Gasteiger partial charge in [-0.2, -0.15) is 0 Å².